The number of amides is 1. The Bertz CT molecular complexity index is 687. The van der Waals surface area contributed by atoms with Crippen LogP contribution in [0.2, 0.25) is 0 Å². The van der Waals surface area contributed by atoms with E-state index in [1.807, 2.05) is 40.6 Å². The summed E-state index contributed by atoms with van der Waals surface area (Å²) < 4.78 is 0. The Hall–Kier alpha value is -1.94. The smallest absolute Gasteiger partial charge is 0.223 e. The summed E-state index contributed by atoms with van der Waals surface area (Å²) in [4.78, 5) is 28.0. The van der Waals surface area contributed by atoms with E-state index in [9.17, 15) is 9.59 Å². The lowest BCUT2D eigenvalue weighted by Crippen LogP contribution is -2.32. The van der Waals surface area contributed by atoms with Gasteiger partial charge in [0.05, 0.1) is 6.54 Å². The second-order valence-corrected chi connectivity index (χ2v) is 7.34. The molecule has 0 aliphatic heterocycles. The lowest BCUT2D eigenvalue weighted by atomic mass is 10.0. The number of ketones is 1. The molecule has 3 rings (SSSR count). The third kappa shape index (κ3) is 4.32. The van der Waals surface area contributed by atoms with E-state index in [2.05, 4.69) is 13.0 Å². The first kappa shape index (κ1) is 16.9. The van der Waals surface area contributed by atoms with Crippen molar-refractivity contribution in [1.82, 2.24) is 4.90 Å². The summed E-state index contributed by atoms with van der Waals surface area (Å²) in [6.45, 7) is 2.77. The van der Waals surface area contributed by atoms with Crippen molar-refractivity contribution < 1.29 is 9.59 Å². The zero-order valence-corrected chi connectivity index (χ0v) is 14.8. The number of thiophene rings is 1. The van der Waals surface area contributed by atoms with Crippen molar-refractivity contribution in [3.8, 4) is 0 Å². The molecule has 1 aromatic carbocycles. The number of hydrogen-bond donors (Lipinski definition) is 0. The van der Waals surface area contributed by atoms with Gasteiger partial charge in [-0.2, -0.15) is 0 Å². The van der Waals surface area contributed by atoms with Crippen molar-refractivity contribution >= 4 is 23.0 Å². The Morgan fingerprint density at radius 3 is 2.46 bits per heavy atom. The molecule has 1 heterocycles. The van der Waals surface area contributed by atoms with E-state index in [1.54, 1.807) is 11.3 Å². The lowest BCUT2D eigenvalue weighted by Gasteiger charge is -2.21. The van der Waals surface area contributed by atoms with E-state index in [1.165, 1.54) is 10.4 Å². The highest BCUT2D eigenvalue weighted by atomic mass is 32.1. The maximum Gasteiger partial charge on any atom is 0.223 e. The molecule has 0 spiro atoms. The highest BCUT2D eigenvalue weighted by Crippen LogP contribution is 2.30. The zero-order valence-electron chi connectivity index (χ0n) is 14.0. The van der Waals surface area contributed by atoms with E-state index >= 15 is 0 Å². The number of benzene rings is 1. The Labute approximate surface area is 147 Å². The fraction of sp³-hybridized carbons (Fsp3) is 0.400. The summed E-state index contributed by atoms with van der Waals surface area (Å²) in [5.41, 5.74) is 1.93. The first-order chi connectivity index (χ1) is 11.7. The van der Waals surface area contributed by atoms with Gasteiger partial charge in [0.1, 0.15) is 0 Å². The average Bonchev–Trinajstić information content (AvgIpc) is 3.33. The van der Waals surface area contributed by atoms with Gasteiger partial charge in [-0.15, -0.1) is 11.3 Å². The maximum atomic E-state index is 12.6. The molecule has 0 N–H and O–H groups in total. The molecule has 0 bridgehead atoms. The fourth-order valence-corrected chi connectivity index (χ4v) is 3.51. The van der Waals surface area contributed by atoms with Gasteiger partial charge in [0.2, 0.25) is 5.91 Å². The second kappa shape index (κ2) is 7.75. The topological polar surface area (TPSA) is 37.4 Å². The predicted molar refractivity (Wildman–Crippen MR) is 97.3 cm³/mol. The van der Waals surface area contributed by atoms with Crippen LogP contribution in [0.4, 0.5) is 0 Å². The van der Waals surface area contributed by atoms with Crippen molar-refractivity contribution in [3.63, 3.8) is 0 Å². The standard InChI is InChI=1S/C20H23NO2S/c1-2-15-5-7-16(8-6-15)19(22)11-12-20(23)21(17-9-10-17)14-18-4-3-13-24-18/h3-8,13,17H,2,9-12,14H2,1H3. The molecule has 1 fully saturated rings. The summed E-state index contributed by atoms with van der Waals surface area (Å²) in [5, 5.41) is 2.04. The monoisotopic (exact) mass is 341 g/mol. The van der Waals surface area contributed by atoms with Crippen LogP contribution < -0.4 is 0 Å². The van der Waals surface area contributed by atoms with E-state index in [-0.39, 0.29) is 18.1 Å². The largest absolute Gasteiger partial charge is 0.335 e. The number of nitrogens with zero attached hydrogens (tertiary/aromatic N) is 1. The van der Waals surface area contributed by atoms with Gasteiger partial charge >= 0.3 is 0 Å². The first-order valence-electron chi connectivity index (χ1n) is 8.61. The van der Waals surface area contributed by atoms with Gasteiger partial charge < -0.3 is 4.90 Å². The van der Waals surface area contributed by atoms with Crippen LogP contribution in [0.25, 0.3) is 0 Å². The number of carbonyl (C=O) groups is 2. The second-order valence-electron chi connectivity index (χ2n) is 6.31. The van der Waals surface area contributed by atoms with Crippen LogP contribution in [0.1, 0.15) is 53.4 Å². The zero-order chi connectivity index (χ0) is 16.9. The SMILES string of the molecule is CCc1ccc(C(=O)CCC(=O)N(Cc2cccs2)C2CC2)cc1. The van der Waals surface area contributed by atoms with Gasteiger partial charge in [-0.25, -0.2) is 0 Å². The van der Waals surface area contributed by atoms with Gasteiger partial charge in [-0.3, -0.25) is 9.59 Å². The molecule has 1 amide bonds. The van der Waals surface area contributed by atoms with Crippen LogP contribution in [0.15, 0.2) is 41.8 Å². The van der Waals surface area contributed by atoms with E-state index in [4.69, 9.17) is 0 Å². The molecule has 24 heavy (non-hydrogen) atoms. The molecule has 126 valence electrons. The molecule has 2 aromatic rings. The Morgan fingerprint density at radius 1 is 1.12 bits per heavy atom. The molecule has 0 saturated heterocycles. The summed E-state index contributed by atoms with van der Waals surface area (Å²) in [6.07, 6.45) is 3.73. The van der Waals surface area contributed by atoms with Crippen LogP contribution >= 0.6 is 11.3 Å². The normalized spacial score (nSPS) is 13.7. The minimum atomic E-state index is 0.0536. The highest BCUT2D eigenvalue weighted by molar-refractivity contribution is 7.09. The van der Waals surface area contributed by atoms with Gasteiger partial charge in [0.15, 0.2) is 5.78 Å². The molecule has 4 heteroatoms. The summed E-state index contributed by atoms with van der Waals surface area (Å²) in [7, 11) is 0. The van der Waals surface area contributed by atoms with Crippen LogP contribution in [0.5, 0.6) is 0 Å². The van der Waals surface area contributed by atoms with Crippen molar-refractivity contribution in [3.05, 3.63) is 57.8 Å². The van der Waals surface area contributed by atoms with Crippen molar-refractivity contribution in [1.29, 1.82) is 0 Å². The Kier molecular flexibility index (Phi) is 5.46. The van der Waals surface area contributed by atoms with Crippen LogP contribution in [0.3, 0.4) is 0 Å². The number of aryl methyl sites for hydroxylation is 1. The third-order valence-corrected chi connectivity index (χ3v) is 5.33. The number of Topliss-reactive ketones (excluding diaryl/α,β-unsaturated/α-hetero) is 1. The molecule has 3 nitrogen and oxygen atoms in total. The molecule has 1 aliphatic carbocycles. The van der Waals surface area contributed by atoms with Crippen molar-refractivity contribution in [2.45, 2.75) is 51.6 Å². The summed E-state index contributed by atoms with van der Waals surface area (Å²) >= 11 is 1.68. The minimum absolute atomic E-state index is 0.0536. The van der Waals surface area contributed by atoms with Crippen LogP contribution in [0, 0.1) is 0 Å². The maximum absolute atomic E-state index is 12.6. The van der Waals surface area contributed by atoms with Crippen LogP contribution in [-0.4, -0.2) is 22.6 Å². The molecule has 0 atom stereocenters. The molecular weight excluding hydrogens is 318 g/mol. The van der Waals surface area contributed by atoms with E-state index < -0.39 is 0 Å². The van der Waals surface area contributed by atoms with Gasteiger partial charge in [0, 0.05) is 29.3 Å². The third-order valence-electron chi connectivity index (χ3n) is 4.46. The summed E-state index contributed by atoms with van der Waals surface area (Å²) in [6, 6.07) is 12.2. The summed E-state index contributed by atoms with van der Waals surface area (Å²) in [5.74, 6) is 0.155. The van der Waals surface area contributed by atoms with Crippen LogP contribution in [-0.2, 0) is 17.8 Å². The van der Waals surface area contributed by atoms with Crippen molar-refractivity contribution in [2.24, 2.45) is 0 Å². The molecule has 0 radical (unpaired) electrons. The van der Waals surface area contributed by atoms with E-state index in [0.717, 1.165) is 19.3 Å². The Balaban J connectivity index is 1.55. The number of carbonyl (C=O) groups excluding carboxylic acids is 2. The van der Waals surface area contributed by atoms with Gasteiger partial charge in [0.25, 0.3) is 0 Å². The predicted octanol–water partition coefficient (Wildman–Crippen LogP) is 4.46. The average molecular weight is 341 g/mol. The number of rotatable bonds is 8. The quantitative estimate of drug-likeness (QED) is 0.665. The molecular formula is C20H23NO2S. The molecule has 1 saturated carbocycles. The first-order valence-corrected chi connectivity index (χ1v) is 9.49. The fourth-order valence-electron chi connectivity index (χ4n) is 2.81. The molecule has 1 aromatic heterocycles. The van der Waals surface area contributed by atoms with Crippen molar-refractivity contribution in [2.75, 3.05) is 0 Å². The Morgan fingerprint density at radius 2 is 1.88 bits per heavy atom. The number of hydrogen-bond acceptors (Lipinski definition) is 3. The minimum Gasteiger partial charge on any atom is -0.335 e. The molecule has 1 aliphatic rings. The van der Waals surface area contributed by atoms with Gasteiger partial charge in [-0.05, 0) is 36.3 Å². The molecule has 0 unspecified atom stereocenters. The van der Waals surface area contributed by atoms with E-state index in [0.29, 0.717) is 24.6 Å². The highest BCUT2D eigenvalue weighted by Gasteiger charge is 2.32. The van der Waals surface area contributed by atoms with Gasteiger partial charge in [-0.1, -0.05) is 37.3 Å². The lowest BCUT2D eigenvalue weighted by molar-refractivity contribution is -0.132.